The summed E-state index contributed by atoms with van der Waals surface area (Å²) in [7, 11) is 1.56. The Labute approximate surface area is 192 Å². The van der Waals surface area contributed by atoms with Crippen molar-refractivity contribution in [2.24, 2.45) is 7.05 Å². The Morgan fingerprint density at radius 1 is 1.12 bits per heavy atom. The number of hydrogen-bond donors (Lipinski definition) is 1. The lowest BCUT2D eigenvalue weighted by molar-refractivity contribution is -0.137. The third kappa shape index (κ3) is 5.91. The number of nitrogens with zero attached hydrogens (tertiary/aromatic N) is 4. The molecule has 2 aromatic rings. The number of benzene rings is 1. The van der Waals surface area contributed by atoms with Crippen molar-refractivity contribution in [2.75, 3.05) is 37.6 Å². The first-order valence-corrected chi connectivity index (χ1v) is 10.5. The quantitative estimate of drug-likeness (QED) is 0.626. The zero-order chi connectivity index (χ0) is 25.3. The molecule has 1 fully saturated rings. The molecule has 1 amide bonds. The van der Waals surface area contributed by atoms with Crippen molar-refractivity contribution in [1.29, 1.82) is 0 Å². The van der Waals surface area contributed by atoms with Gasteiger partial charge in [0.15, 0.2) is 0 Å². The molecule has 0 atom stereocenters. The van der Waals surface area contributed by atoms with Gasteiger partial charge < -0.3 is 14.8 Å². The second-order valence-electron chi connectivity index (χ2n) is 8.08. The van der Waals surface area contributed by atoms with Crippen molar-refractivity contribution < 1.29 is 31.1 Å². The van der Waals surface area contributed by atoms with Crippen LogP contribution in [-0.2, 0) is 19.6 Å². The third-order valence-corrected chi connectivity index (χ3v) is 5.75. The van der Waals surface area contributed by atoms with Crippen molar-refractivity contribution in [3.8, 4) is 0 Å². The van der Waals surface area contributed by atoms with Crippen LogP contribution in [0, 0.1) is 6.92 Å². The summed E-state index contributed by atoms with van der Waals surface area (Å²) in [5.74, 6) is -0.392. The van der Waals surface area contributed by atoms with Gasteiger partial charge in [0.25, 0.3) is 5.91 Å². The number of rotatable bonds is 6. The van der Waals surface area contributed by atoms with Crippen LogP contribution < -0.4 is 10.2 Å². The highest BCUT2D eigenvalue weighted by molar-refractivity contribution is 5.95. The number of alkyl halides is 6. The molecule has 0 aliphatic carbocycles. The summed E-state index contributed by atoms with van der Waals surface area (Å²) in [6.45, 7) is 7.32. The van der Waals surface area contributed by atoms with Gasteiger partial charge in [0, 0.05) is 51.9 Å². The molecule has 12 heteroatoms. The number of nitrogens with one attached hydrogen (secondary N) is 1. The summed E-state index contributed by atoms with van der Waals surface area (Å²) in [6.07, 6.45) is -8.68. The smallest absolute Gasteiger partial charge is 0.369 e. The van der Waals surface area contributed by atoms with E-state index in [2.05, 4.69) is 16.5 Å². The van der Waals surface area contributed by atoms with Crippen LogP contribution in [0.3, 0.4) is 0 Å². The molecule has 2 heterocycles. The summed E-state index contributed by atoms with van der Waals surface area (Å²) in [5.41, 5.74) is -1.19. The van der Waals surface area contributed by atoms with E-state index in [-0.39, 0.29) is 5.69 Å². The molecule has 1 aliphatic heterocycles. The molecule has 6 nitrogen and oxygen atoms in total. The lowest BCUT2D eigenvalue weighted by atomic mass is 10.1. The molecule has 0 saturated carbocycles. The van der Waals surface area contributed by atoms with E-state index in [0.29, 0.717) is 56.4 Å². The number of hydrogen-bond acceptors (Lipinski definition) is 4. The van der Waals surface area contributed by atoms with Crippen LogP contribution in [0.4, 0.5) is 32.0 Å². The molecule has 34 heavy (non-hydrogen) atoms. The number of amides is 1. The number of carbonyl (C=O) groups is 1. The monoisotopic (exact) mass is 489 g/mol. The van der Waals surface area contributed by atoms with Crippen molar-refractivity contribution >= 4 is 11.6 Å². The maximum absolute atomic E-state index is 13.0. The van der Waals surface area contributed by atoms with Gasteiger partial charge >= 0.3 is 12.4 Å². The van der Waals surface area contributed by atoms with E-state index >= 15 is 0 Å². The van der Waals surface area contributed by atoms with Gasteiger partial charge in [0.05, 0.1) is 11.3 Å². The first-order valence-electron chi connectivity index (χ1n) is 10.5. The first-order chi connectivity index (χ1) is 15.8. The van der Waals surface area contributed by atoms with E-state index in [0.717, 1.165) is 12.1 Å². The van der Waals surface area contributed by atoms with Gasteiger partial charge in [-0.25, -0.2) is 4.98 Å². The Hall–Kier alpha value is -3.02. The van der Waals surface area contributed by atoms with Gasteiger partial charge in [0.2, 0.25) is 0 Å². The van der Waals surface area contributed by atoms with E-state index < -0.39 is 29.5 Å². The van der Waals surface area contributed by atoms with Crippen molar-refractivity contribution in [2.45, 2.75) is 25.7 Å². The Morgan fingerprint density at radius 3 is 2.35 bits per heavy atom. The first kappa shape index (κ1) is 25.6. The largest absolute Gasteiger partial charge is 0.430 e. The second kappa shape index (κ2) is 9.69. The maximum atomic E-state index is 13.0. The summed E-state index contributed by atoms with van der Waals surface area (Å²) >= 11 is 0. The Kier molecular flexibility index (Phi) is 7.29. The number of imidazole rings is 1. The van der Waals surface area contributed by atoms with Gasteiger partial charge in [0.1, 0.15) is 17.2 Å². The van der Waals surface area contributed by atoms with E-state index in [1.807, 2.05) is 4.90 Å². The molecule has 0 unspecified atom stereocenters. The van der Waals surface area contributed by atoms with Crippen LogP contribution >= 0.6 is 0 Å². The van der Waals surface area contributed by atoms with Crippen molar-refractivity contribution in [3.63, 3.8) is 0 Å². The Balaban J connectivity index is 1.57. The molecule has 1 aromatic carbocycles. The van der Waals surface area contributed by atoms with E-state index in [9.17, 15) is 31.1 Å². The fraction of sp³-hybridized carbons (Fsp3) is 0.455. The highest BCUT2D eigenvalue weighted by atomic mass is 19.4. The average molecular weight is 489 g/mol. The number of allylic oxidation sites excluding steroid dienone is 1. The number of anilines is 1. The van der Waals surface area contributed by atoms with Gasteiger partial charge in [-0.2, -0.15) is 26.3 Å². The summed E-state index contributed by atoms with van der Waals surface area (Å²) in [6, 6.07) is 5.24. The standard InChI is InChI=1S/C22H25F6N5O/c1-14-19(20(34)30-15(2)21(23,24)25)31(3)18(29-14)7-8-32-9-11-33(12-10-32)17-6-4-5-16(13-17)22(26,27)28/h4-6,13H,2,7-12H2,1,3H3,(H,30,34). The lowest BCUT2D eigenvalue weighted by Crippen LogP contribution is -2.47. The zero-order valence-electron chi connectivity index (χ0n) is 18.7. The predicted molar refractivity (Wildman–Crippen MR) is 114 cm³/mol. The van der Waals surface area contributed by atoms with Gasteiger partial charge in [-0.1, -0.05) is 12.6 Å². The second-order valence-corrected chi connectivity index (χ2v) is 8.08. The molecule has 1 N–H and O–H groups in total. The number of halogens is 6. The molecule has 186 valence electrons. The van der Waals surface area contributed by atoms with E-state index in [1.165, 1.54) is 10.6 Å². The number of aryl methyl sites for hydroxylation is 1. The SMILES string of the molecule is C=C(NC(=O)c1c(C)nc(CCN2CCN(c3cccc(C(F)(F)F)c3)CC2)n1C)C(F)(F)F. The molecule has 0 bridgehead atoms. The number of aromatic nitrogens is 2. The molecule has 1 aliphatic rings. The number of piperazine rings is 1. The molecule has 1 aromatic heterocycles. The minimum absolute atomic E-state index is 0.0229. The third-order valence-electron chi connectivity index (χ3n) is 5.75. The highest BCUT2D eigenvalue weighted by Crippen LogP contribution is 2.32. The van der Waals surface area contributed by atoms with Crippen molar-refractivity contribution in [1.82, 2.24) is 19.8 Å². The fourth-order valence-electron chi connectivity index (χ4n) is 3.87. The van der Waals surface area contributed by atoms with Crippen LogP contribution in [0.1, 0.15) is 27.6 Å². The lowest BCUT2D eigenvalue weighted by Gasteiger charge is -2.36. The van der Waals surface area contributed by atoms with Crippen LogP contribution in [0.25, 0.3) is 0 Å². The minimum atomic E-state index is -4.73. The molecule has 0 radical (unpaired) electrons. The van der Waals surface area contributed by atoms with Gasteiger partial charge in [-0.3, -0.25) is 9.69 Å². The average Bonchev–Trinajstić information content (AvgIpc) is 3.04. The predicted octanol–water partition coefficient (Wildman–Crippen LogP) is 3.92. The van der Waals surface area contributed by atoms with Crippen LogP contribution in [0.2, 0.25) is 0 Å². The zero-order valence-corrected chi connectivity index (χ0v) is 18.7. The Bertz CT molecular complexity index is 1050. The summed E-state index contributed by atoms with van der Waals surface area (Å²) in [5, 5.41) is 1.76. The van der Waals surface area contributed by atoms with E-state index in [1.54, 1.807) is 25.4 Å². The highest BCUT2D eigenvalue weighted by Gasteiger charge is 2.34. The molecular formula is C22H25F6N5O. The molecule has 0 spiro atoms. The fourth-order valence-corrected chi connectivity index (χ4v) is 3.87. The summed E-state index contributed by atoms with van der Waals surface area (Å²) in [4.78, 5) is 20.6. The molecule has 1 saturated heterocycles. The van der Waals surface area contributed by atoms with Crippen LogP contribution in [0.5, 0.6) is 0 Å². The van der Waals surface area contributed by atoms with Gasteiger partial charge in [-0.15, -0.1) is 0 Å². The normalized spacial score (nSPS) is 15.5. The van der Waals surface area contributed by atoms with E-state index in [4.69, 9.17) is 0 Å². The van der Waals surface area contributed by atoms with Crippen molar-refractivity contribution in [3.05, 3.63) is 59.3 Å². The number of carbonyl (C=O) groups excluding carboxylic acids is 1. The molecular weight excluding hydrogens is 464 g/mol. The maximum Gasteiger partial charge on any atom is 0.430 e. The molecule has 3 rings (SSSR count). The van der Waals surface area contributed by atoms with Crippen LogP contribution in [0.15, 0.2) is 36.5 Å². The minimum Gasteiger partial charge on any atom is -0.369 e. The topological polar surface area (TPSA) is 53.4 Å². The van der Waals surface area contributed by atoms with Gasteiger partial charge in [-0.05, 0) is 25.1 Å². The van der Waals surface area contributed by atoms with Crippen LogP contribution in [-0.4, -0.2) is 59.3 Å². The summed E-state index contributed by atoms with van der Waals surface area (Å²) < 4.78 is 78.4. The Morgan fingerprint density at radius 2 is 1.76 bits per heavy atom.